The Morgan fingerprint density at radius 1 is 1.26 bits per heavy atom. The quantitative estimate of drug-likeness (QED) is 0.590. The Hall–Kier alpha value is -0.830. The molecule has 2 nitrogen and oxygen atoms in total. The van der Waals surface area contributed by atoms with Crippen LogP contribution in [0, 0.1) is 5.92 Å². The molecule has 0 spiro atoms. The smallest absolute Gasteiger partial charge is 0.0706 e. The van der Waals surface area contributed by atoms with Gasteiger partial charge in [0.05, 0.1) is 11.2 Å². The van der Waals surface area contributed by atoms with Gasteiger partial charge in [0.2, 0.25) is 0 Å². The molecule has 19 heavy (non-hydrogen) atoms. The van der Waals surface area contributed by atoms with E-state index >= 15 is 0 Å². The van der Waals surface area contributed by atoms with Crippen LogP contribution in [0.5, 0.6) is 0 Å². The SMILES string of the molecule is Cn1nc(CC2CCCCC(Br)C2)c2ccccc21. The van der Waals surface area contributed by atoms with E-state index in [1.54, 1.807) is 0 Å². The summed E-state index contributed by atoms with van der Waals surface area (Å²) in [6, 6.07) is 8.58. The van der Waals surface area contributed by atoms with Crippen LogP contribution in [0.2, 0.25) is 0 Å². The van der Waals surface area contributed by atoms with Crippen molar-refractivity contribution in [2.75, 3.05) is 0 Å². The van der Waals surface area contributed by atoms with E-state index < -0.39 is 0 Å². The molecule has 3 heteroatoms. The summed E-state index contributed by atoms with van der Waals surface area (Å²) in [4.78, 5) is 0.704. The number of hydrogen-bond donors (Lipinski definition) is 0. The predicted octanol–water partition coefficient (Wildman–Crippen LogP) is 4.46. The van der Waals surface area contributed by atoms with Gasteiger partial charge in [-0.1, -0.05) is 53.4 Å². The molecule has 1 aliphatic rings. The van der Waals surface area contributed by atoms with Crippen LogP contribution in [0.4, 0.5) is 0 Å². The highest BCUT2D eigenvalue weighted by atomic mass is 79.9. The Bertz CT molecular complexity index is 561. The topological polar surface area (TPSA) is 17.8 Å². The number of nitrogens with zero attached hydrogens (tertiary/aromatic N) is 2. The minimum absolute atomic E-state index is 0.704. The van der Waals surface area contributed by atoms with Gasteiger partial charge in [0, 0.05) is 17.3 Å². The second kappa shape index (κ2) is 5.66. The molecule has 0 amide bonds. The number of alkyl halides is 1. The van der Waals surface area contributed by atoms with Crippen molar-refractivity contribution < 1.29 is 0 Å². The summed E-state index contributed by atoms with van der Waals surface area (Å²) in [5.74, 6) is 0.783. The van der Waals surface area contributed by atoms with Crippen molar-refractivity contribution in [2.45, 2.75) is 43.4 Å². The summed E-state index contributed by atoms with van der Waals surface area (Å²) >= 11 is 3.82. The van der Waals surface area contributed by atoms with Crippen molar-refractivity contribution in [2.24, 2.45) is 13.0 Å². The van der Waals surface area contributed by atoms with Crippen LogP contribution in [-0.2, 0) is 13.5 Å². The van der Waals surface area contributed by atoms with E-state index in [9.17, 15) is 0 Å². The predicted molar refractivity (Wildman–Crippen MR) is 83.7 cm³/mol. The Morgan fingerprint density at radius 2 is 2.05 bits per heavy atom. The fourth-order valence-electron chi connectivity index (χ4n) is 3.29. The van der Waals surface area contributed by atoms with Crippen LogP contribution in [-0.4, -0.2) is 14.6 Å². The van der Waals surface area contributed by atoms with Crippen LogP contribution in [0.3, 0.4) is 0 Å². The van der Waals surface area contributed by atoms with Crippen molar-refractivity contribution >= 4 is 26.8 Å². The third-order valence-corrected chi connectivity index (χ3v) is 5.12. The average Bonchev–Trinajstić information content (AvgIpc) is 2.58. The summed E-state index contributed by atoms with van der Waals surface area (Å²) in [6.45, 7) is 0. The second-order valence-electron chi connectivity index (χ2n) is 5.78. The number of para-hydroxylation sites is 1. The summed E-state index contributed by atoms with van der Waals surface area (Å²) in [5.41, 5.74) is 2.53. The van der Waals surface area contributed by atoms with Gasteiger partial charge in [-0.2, -0.15) is 5.10 Å². The third kappa shape index (κ3) is 2.86. The maximum atomic E-state index is 4.74. The van der Waals surface area contributed by atoms with Crippen LogP contribution in [0.1, 0.15) is 37.8 Å². The van der Waals surface area contributed by atoms with Crippen LogP contribution < -0.4 is 0 Å². The molecule has 1 aromatic carbocycles. The molecule has 0 radical (unpaired) electrons. The first-order valence-electron chi connectivity index (χ1n) is 7.28. The van der Waals surface area contributed by atoms with Gasteiger partial charge in [-0.3, -0.25) is 4.68 Å². The van der Waals surface area contributed by atoms with Gasteiger partial charge in [0.1, 0.15) is 0 Å². The Morgan fingerprint density at radius 3 is 2.95 bits per heavy atom. The van der Waals surface area contributed by atoms with Gasteiger partial charge in [0.25, 0.3) is 0 Å². The van der Waals surface area contributed by atoms with E-state index in [2.05, 4.69) is 40.2 Å². The molecule has 2 aromatic rings. The zero-order chi connectivity index (χ0) is 13.2. The van der Waals surface area contributed by atoms with Crippen molar-refractivity contribution in [3.8, 4) is 0 Å². The number of fused-ring (bicyclic) bond motifs is 1. The highest BCUT2D eigenvalue weighted by Crippen LogP contribution is 2.31. The molecule has 1 heterocycles. The average molecular weight is 321 g/mol. The van der Waals surface area contributed by atoms with Gasteiger partial charge < -0.3 is 0 Å². The normalized spacial score (nSPS) is 24.5. The zero-order valence-corrected chi connectivity index (χ0v) is 13.1. The molecule has 0 bridgehead atoms. The highest BCUT2D eigenvalue weighted by Gasteiger charge is 2.20. The van der Waals surface area contributed by atoms with E-state index in [1.165, 1.54) is 48.7 Å². The zero-order valence-electron chi connectivity index (χ0n) is 11.5. The first-order valence-corrected chi connectivity index (χ1v) is 8.20. The van der Waals surface area contributed by atoms with E-state index in [0.717, 1.165) is 12.3 Å². The van der Waals surface area contributed by atoms with Crippen LogP contribution >= 0.6 is 15.9 Å². The summed E-state index contributed by atoms with van der Waals surface area (Å²) in [6.07, 6.45) is 7.85. The fraction of sp³-hybridized carbons (Fsp3) is 0.562. The number of benzene rings is 1. The molecule has 0 N–H and O–H groups in total. The van der Waals surface area contributed by atoms with Gasteiger partial charge in [-0.15, -0.1) is 0 Å². The molecular formula is C16H21BrN2. The van der Waals surface area contributed by atoms with E-state index in [4.69, 9.17) is 5.10 Å². The molecule has 3 rings (SSSR count). The van der Waals surface area contributed by atoms with Crippen molar-refractivity contribution in [3.63, 3.8) is 0 Å². The molecule has 1 saturated carbocycles. The van der Waals surface area contributed by atoms with Crippen LogP contribution in [0.25, 0.3) is 10.9 Å². The maximum Gasteiger partial charge on any atom is 0.0706 e. The van der Waals surface area contributed by atoms with Crippen LogP contribution in [0.15, 0.2) is 24.3 Å². The fourth-order valence-corrected chi connectivity index (χ4v) is 4.15. The van der Waals surface area contributed by atoms with Crippen molar-refractivity contribution in [3.05, 3.63) is 30.0 Å². The van der Waals surface area contributed by atoms with E-state index in [-0.39, 0.29) is 0 Å². The molecule has 2 unspecified atom stereocenters. The molecule has 2 atom stereocenters. The van der Waals surface area contributed by atoms with Gasteiger partial charge in [-0.25, -0.2) is 0 Å². The molecule has 1 aromatic heterocycles. The molecule has 1 aliphatic carbocycles. The lowest BCUT2D eigenvalue weighted by molar-refractivity contribution is 0.458. The monoisotopic (exact) mass is 320 g/mol. The first-order chi connectivity index (χ1) is 9.24. The molecule has 102 valence electrons. The number of rotatable bonds is 2. The van der Waals surface area contributed by atoms with Crippen molar-refractivity contribution in [1.29, 1.82) is 0 Å². The Balaban J connectivity index is 1.84. The van der Waals surface area contributed by atoms with Gasteiger partial charge in [0.15, 0.2) is 0 Å². The highest BCUT2D eigenvalue weighted by molar-refractivity contribution is 9.09. The molecule has 0 saturated heterocycles. The number of hydrogen-bond acceptors (Lipinski definition) is 1. The van der Waals surface area contributed by atoms with Gasteiger partial charge >= 0.3 is 0 Å². The van der Waals surface area contributed by atoms with E-state index in [0.29, 0.717) is 4.83 Å². The number of aromatic nitrogens is 2. The number of aryl methyl sites for hydroxylation is 1. The molecule has 1 fully saturated rings. The summed E-state index contributed by atoms with van der Waals surface area (Å²) in [7, 11) is 2.05. The van der Waals surface area contributed by atoms with E-state index in [1.807, 2.05) is 11.7 Å². The lowest BCUT2D eigenvalue weighted by Crippen LogP contribution is -2.09. The third-order valence-electron chi connectivity index (χ3n) is 4.29. The molecule has 0 aliphatic heterocycles. The summed E-state index contributed by atoms with van der Waals surface area (Å²) in [5, 5.41) is 6.07. The second-order valence-corrected chi connectivity index (χ2v) is 7.07. The lowest BCUT2D eigenvalue weighted by Gasteiger charge is -2.14. The number of halogens is 1. The minimum Gasteiger partial charge on any atom is -0.268 e. The van der Waals surface area contributed by atoms with Gasteiger partial charge in [-0.05, 0) is 31.2 Å². The Labute approximate surface area is 123 Å². The minimum atomic E-state index is 0.704. The van der Waals surface area contributed by atoms with Crippen molar-refractivity contribution in [1.82, 2.24) is 9.78 Å². The lowest BCUT2D eigenvalue weighted by atomic mass is 9.94. The molecular weight excluding hydrogens is 300 g/mol. The standard InChI is InChI=1S/C16H21BrN2/c1-19-16-9-5-4-8-14(16)15(18-19)11-12-6-2-3-7-13(17)10-12/h4-5,8-9,12-13H,2-3,6-7,10-11H2,1H3. The maximum absolute atomic E-state index is 4.74. The Kier molecular flexibility index (Phi) is 3.92. The summed E-state index contributed by atoms with van der Waals surface area (Å²) < 4.78 is 2.02. The first kappa shape index (κ1) is 13.2. The largest absolute Gasteiger partial charge is 0.268 e.